The van der Waals surface area contributed by atoms with Gasteiger partial charge in [-0.15, -0.1) is 0 Å². The van der Waals surface area contributed by atoms with Crippen LogP contribution < -0.4 is 5.32 Å². The molecule has 0 amide bonds. The van der Waals surface area contributed by atoms with Crippen LogP contribution in [0, 0.1) is 0 Å². The summed E-state index contributed by atoms with van der Waals surface area (Å²) < 4.78 is 9.65. The molecule has 0 saturated carbocycles. The average Bonchev–Trinajstić information content (AvgIpc) is 2.38. The lowest BCUT2D eigenvalue weighted by Crippen LogP contribution is -2.17. The molecule has 1 N–H and O–H groups in total. The van der Waals surface area contributed by atoms with Crippen LogP contribution in [-0.2, 0) is 19.1 Å². The Morgan fingerprint density at radius 1 is 1.25 bits per heavy atom. The Morgan fingerprint density at radius 3 is 2.55 bits per heavy atom. The van der Waals surface area contributed by atoms with E-state index < -0.39 is 11.9 Å². The second-order valence-electron chi connectivity index (χ2n) is 3.67. The highest BCUT2D eigenvalue weighted by atomic mass is 35.5. The molecule has 1 aromatic carbocycles. The first kappa shape index (κ1) is 16.0. The predicted octanol–water partition coefficient (Wildman–Crippen LogP) is 2.76. The Labute approximate surface area is 122 Å². The van der Waals surface area contributed by atoms with Crippen LogP contribution in [0.1, 0.15) is 13.8 Å². The quantitative estimate of drug-likeness (QED) is 0.646. The van der Waals surface area contributed by atoms with E-state index in [2.05, 4.69) is 5.32 Å². The Balaban J connectivity index is 2.93. The Hall–Kier alpha value is -2.01. The zero-order valence-electron chi connectivity index (χ0n) is 11.3. The summed E-state index contributed by atoms with van der Waals surface area (Å²) in [5.74, 6) is -1.26. The third-order valence-corrected chi connectivity index (χ3v) is 2.38. The van der Waals surface area contributed by atoms with Crippen LogP contribution in [0.25, 0.3) is 0 Å². The van der Waals surface area contributed by atoms with Crippen molar-refractivity contribution in [3.8, 4) is 0 Å². The number of carbonyl (C=O) groups is 2. The molecule has 0 aliphatic heterocycles. The maximum atomic E-state index is 11.8. The van der Waals surface area contributed by atoms with Crippen molar-refractivity contribution >= 4 is 29.2 Å². The second kappa shape index (κ2) is 8.22. The minimum Gasteiger partial charge on any atom is -0.463 e. The molecule has 0 spiro atoms. The number of esters is 2. The van der Waals surface area contributed by atoms with Gasteiger partial charge in [0.05, 0.1) is 19.3 Å². The number of hydrogen-bond donors (Lipinski definition) is 1. The van der Waals surface area contributed by atoms with Gasteiger partial charge in [0.1, 0.15) is 5.70 Å². The molecule has 0 aliphatic carbocycles. The number of nitrogens with one attached hydrogen (secondary N) is 1. The van der Waals surface area contributed by atoms with Gasteiger partial charge >= 0.3 is 11.9 Å². The number of carbonyl (C=O) groups excluding carboxylic acids is 2. The molecular formula is C14H16ClNO4. The van der Waals surface area contributed by atoms with Gasteiger partial charge < -0.3 is 14.8 Å². The van der Waals surface area contributed by atoms with Crippen molar-refractivity contribution < 1.29 is 19.1 Å². The fraction of sp³-hybridized carbons (Fsp3) is 0.286. The number of hydrogen-bond acceptors (Lipinski definition) is 5. The lowest BCUT2D eigenvalue weighted by atomic mass is 10.3. The average molecular weight is 298 g/mol. The van der Waals surface area contributed by atoms with Crippen molar-refractivity contribution in [3.63, 3.8) is 0 Å². The first-order valence-electron chi connectivity index (χ1n) is 6.15. The largest absolute Gasteiger partial charge is 0.463 e. The maximum absolute atomic E-state index is 11.8. The molecule has 1 rings (SSSR count). The molecule has 20 heavy (non-hydrogen) atoms. The molecule has 0 heterocycles. The molecule has 5 nitrogen and oxygen atoms in total. The molecule has 0 fully saturated rings. The first-order chi connectivity index (χ1) is 9.56. The van der Waals surface area contributed by atoms with Crippen molar-refractivity contribution in [2.45, 2.75) is 13.8 Å². The van der Waals surface area contributed by atoms with Crippen LogP contribution in [0.5, 0.6) is 0 Å². The van der Waals surface area contributed by atoms with Gasteiger partial charge in [-0.05, 0) is 32.0 Å². The standard InChI is InChI=1S/C14H16ClNO4/c1-3-19-13(17)9-12(14(18)20-4-2)16-11-7-5-6-10(15)8-11/h5-9,16H,3-4H2,1-2H3/b12-9+. The van der Waals surface area contributed by atoms with Crippen LogP contribution in [0.4, 0.5) is 5.69 Å². The summed E-state index contributed by atoms with van der Waals surface area (Å²) in [6.07, 6.45) is 1.06. The summed E-state index contributed by atoms with van der Waals surface area (Å²) in [6, 6.07) is 6.76. The van der Waals surface area contributed by atoms with Crippen LogP contribution in [0.2, 0.25) is 5.02 Å². The van der Waals surface area contributed by atoms with Gasteiger partial charge in [0.15, 0.2) is 0 Å². The highest BCUT2D eigenvalue weighted by Crippen LogP contribution is 2.17. The highest BCUT2D eigenvalue weighted by Gasteiger charge is 2.13. The number of benzene rings is 1. The van der Waals surface area contributed by atoms with Crippen molar-refractivity contribution in [1.82, 2.24) is 0 Å². The summed E-state index contributed by atoms with van der Waals surface area (Å²) in [6.45, 7) is 3.79. The van der Waals surface area contributed by atoms with E-state index in [1.165, 1.54) is 0 Å². The monoisotopic (exact) mass is 297 g/mol. The van der Waals surface area contributed by atoms with Crippen LogP contribution in [0.3, 0.4) is 0 Å². The fourth-order valence-corrected chi connectivity index (χ4v) is 1.57. The number of anilines is 1. The lowest BCUT2D eigenvalue weighted by molar-refractivity contribution is -0.140. The summed E-state index contributed by atoms with van der Waals surface area (Å²) in [5, 5.41) is 3.30. The maximum Gasteiger partial charge on any atom is 0.355 e. The van der Waals surface area contributed by atoms with E-state index in [1.807, 2.05) is 0 Å². The SMILES string of the molecule is CCOC(=O)/C=C(/Nc1cccc(Cl)c1)C(=O)OCC. The summed E-state index contributed by atoms with van der Waals surface area (Å²) >= 11 is 5.86. The third kappa shape index (κ3) is 5.32. The molecule has 1 aromatic rings. The van der Waals surface area contributed by atoms with E-state index in [1.54, 1.807) is 38.1 Å². The van der Waals surface area contributed by atoms with Gasteiger partial charge in [0.2, 0.25) is 0 Å². The minimum absolute atomic E-state index is 0.00688. The molecule has 0 bridgehead atoms. The molecule has 6 heteroatoms. The minimum atomic E-state index is -0.638. The van der Waals surface area contributed by atoms with Crippen LogP contribution in [0.15, 0.2) is 36.0 Å². The van der Waals surface area contributed by atoms with Gasteiger partial charge in [-0.1, -0.05) is 17.7 Å². The van der Waals surface area contributed by atoms with Crippen LogP contribution in [-0.4, -0.2) is 25.2 Å². The van der Waals surface area contributed by atoms with E-state index in [0.29, 0.717) is 10.7 Å². The number of halogens is 1. The van der Waals surface area contributed by atoms with Gasteiger partial charge in [-0.25, -0.2) is 9.59 Å². The van der Waals surface area contributed by atoms with Gasteiger partial charge in [-0.2, -0.15) is 0 Å². The van der Waals surface area contributed by atoms with E-state index >= 15 is 0 Å². The molecule has 0 unspecified atom stereocenters. The number of ether oxygens (including phenoxy) is 2. The summed E-state index contributed by atoms with van der Waals surface area (Å²) in [4.78, 5) is 23.2. The van der Waals surface area contributed by atoms with E-state index in [9.17, 15) is 9.59 Å². The van der Waals surface area contributed by atoms with E-state index in [-0.39, 0.29) is 18.9 Å². The lowest BCUT2D eigenvalue weighted by Gasteiger charge is -2.10. The highest BCUT2D eigenvalue weighted by molar-refractivity contribution is 6.30. The zero-order chi connectivity index (χ0) is 15.0. The van der Waals surface area contributed by atoms with Crippen molar-refractivity contribution in [1.29, 1.82) is 0 Å². The normalized spacial score (nSPS) is 10.8. The smallest absolute Gasteiger partial charge is 0.355 e. The van der Waals surface area contributed by atoms with E-state index in [4.69, 9.17) is 21.1 Å². The van der Waals surface area contributed by atoms with Crippen molar-refractivity contribution in [3.05, 3.63) is 41.1 Å². The number of rotatable bonds is 6. The predicted molar refractivity (Wildman–Crippen MR) is 76.4 cm³/mol. The molecule has 0 saturated heterocycles. The first-order valence-corrected chi connectivity index (χ1v) is 6.52. The van der Waals surface area contributed by atoms with Gasteiger partial charge in [0.25, 0.3) is 0 Å². The molecule has 0 aromatic heterocycles. The van der Waals surface area contributed by atoms with Crippen LogP contribution >= 0.6 is 11.6 Å². The Morgan fingerprint density at radius 2 is 1.95 bits per heavy atom. The molecule has 0 radical (unpaired) electrons. The third-order valence-electron chi connectivity index (χ3n) is 2.15. The molecular weight excluding hydrogens is 282 g/mol. The molecule has 108 valence electrons. The molecule has 0 aliphatic rings. The van der Waals surface area contributed by atoms with Crippen molar-refractivity contribution in [2.24, 2.45) is 0 Å². The second-order valence-corrected chi connectivity index (χ2v) is 4.10. The van der Waals surface area contributed by atoms with Gasteiger partial charge in [-0.3, -0.25) is 0 Å². The Kier molecular flexibility index (Phi) is 6.59. The summed E-state index contributed by atoms with van der Waals surface area (Å²) in [7, 11) is 0. The Bertz CT molecular complexity index is 514. The fourth-order valence-electron chi connectivity index (χ4n) is 1.38. The zero-order valence-corrected chi connectivity index (χ0v) is 12.1. The molecule has 0 atom stereocenters. The van der Waals surface area contributed by atoms with E-state index in [0.717, 1.165) is 6.08 Å². The van der Waals surface area contributed by atoms with Crippen molar-refractivity contribution in [2.75, 3.05) is 18.5 Å². The summed E-state index contributed by atoms with van der Waals surface area (Å²) in [5.41, 5.74) is 0.564. The van der Waals surface area contributed by atoms with Gasteiger partial charge in [0, 0.05) is 10.7 Å². The topological polar surface area (TPSA) is 64.6 Å².